The number of halogens is 1. The highest BCUT2D eigenvalue weighted by atomic mass is 35.5. The van der Waals surface area contributed by atoms with Gasteiger partial charge in [0.05, 0.1) is 11.0 Å². The topological polar surface area (TPSA) is 46.9 Å². The summed E-state index contributed by atoms with van der Waals surface area (Å²) in [5.41, 5.74) is 1.51. The van der Waals surface area contributed by atoms with E-state index in [1.807, 2.05) is 28.8 Å². The Morgan fingerprint density at radius 1 is 1.41 bits per heavy atom. The summed E-state index contributed by atoms with van der Waals surface area (Å²) in [6, 6.07) is 8.42. The number of nitrogens with zero attached hydrogens (tertiary/aromatic N) is 2. The second kappa shape index (κ2) is 6.80. The summed E-state index contributed by atoms with van der Waals surface area (Å²) in [7, 11) is 0. The summed E-state index contributed by atoms with van der Waals surface area (Å²) in [5, 5.41) is 3.64. The molecule has 1 fully saturated rings. The van der Waals surface area contributed by atoms with Crippen LogP contribution in [0.5, 0.6) is 0 Å². The number of fused-ring (bicyclic) bond motifs is 1. The Morgan fingerprint density at radius 3 is 3.05 bits per heavy atom. The predicted molar refractivity (Wildman–Crippen MR) is 90.6 cm³/mol. The lowest BCUT2D eigenvalue weighted by atomic mass is 9.95. The summed E-state index contributed by atoms with van der Waals surface area (Å²) >= 11 is 6.07. The molecular weight excluding hydrogens is 298 g/mol. The molecule has 5 heteroatoms. The lowest BCUT2D eigenvalue weighted by Crippen LogP contribution is -2.41. The Balaban J connectivity index is 1.98. The van der Waals surface area contributed by atoms with Gasteiger partial charge in [-0.25, -0.2) is 4.98 Å². The fourth-order valence-electron chi connectivity index (χ4n) is 3.38. The minimum atomic E-state index is -0.165. The maximum Gasteiger partial charge on any atom is 0.288 e. The van der Waals surface area contributed by atoms with E-state index in [1.54, 1.807) is 0 Å². The van der Waals surface area contributed by atoms with Gasteiger partial charge in [-0.15, -0.1) is 0 Å². The van der Waals surface area contributed by atoms with Gasteiger partial charge in [-0.05, 0) is 37.9 Å². The van der Waals surface area contributed by atoms with E-state index in [9.17, 15) is 4.79 Å². The SMILES string of the molecule is CCCCC1CC(n2c(=O)c(Cl)nc3ccccc32)CCN1. The van der Waals surface area contributed by atoms with E-state index < -0.39 is 0 Å². The first-order chi connectivity index (χ1) is 10.7. The first-order valence-electron chi connectivity index (χ1n) is 8.11. The molecule has 2 heterocycles. The highest BCUT2D eigenvalue weighted by Crippen LogP contribution is 2.26. The number of para-hydroxylation sites is 2. The van der Waals surface area contributed by atoms with Crippen molar-refractivity contribution < 1.29 is 0 Å². The van der Waals surface area contributed by atoms with Gasteiger partial charge in [0.15, 0.2) is 5.15 Å². The number of benzene rings is 1. The van der Waals surface area contributed by atoms with E-state index in [0.717, 1.165) is 30.4 Å². The molecule has 3 rings (SSSR count). The first-order valence-corrected chi connectivity index (χ1v) is 8.48. The monoisotopic (exact) mass is 319 g/mol. The van der Waals surface area contributed by atoms with Crippen molar-refractivity contribution in [2.75, 3.05) is 6.54 Å². The van der Waals surface area contributed by atoms with Crippen molar-refractivity contribution in [2.24, 2.45) is 0 Å². The average molecular weight is 320 g/mol. The van der Waals surface area contributed by atoms with E-state index in [0.29, 0.717) is 6.04 Å². The first kappa shape index (κ1) is 15.5. The van der Waals surface area contributed by atoms with Crippen molar-refractivity contribution in [1.29, 1.82) is 0 Å². The van der Waals surface area contributed by atoms with E-state index in [1.165, 1.54) is 19.3 Å². The summed E-state index contributed by atoms with van der Waals surface area (Å²) < 4.78 is 1.87. The van der Waals surface area contributed by atoms with Gasteiger partial charge in [-0.2, -0.15) is 0 Å². The summed E-state index contributed by atoms with van der Waals surface area (Å²) in [5.74, 6) is 0. The van der Waals surface area contributed by atoms with Crippen LogP contribution in [0.3, 0.4) is 0 Å². The maximum atomic E-state index is 12.6. The number of rotatable bonds is 4. The Kier molecular flexibility index (Phi) is 4.79. The van der Waals surface area contributed by atoms with Gasteiger partial charge in [0, 0.05) is 12.1 Å². The number of nitrogens with one attached hydrogen (secondary N) is 1. The smallest absolute Gasteiger partial charge is 0.288 e. The molecule has 2 atom stereocenters. The maximum absolute atomic E-state index is 12.6. The van der Waals surface area contributed by atoms with Gasteiger partial charge in [0.1, 0.15) is 0 Å². The summed E-state index contributed by atoms with van der Waals surface area (Å²) in [4.78, 5) is 16.8. The lowest BCUT2D eigenvalue weighted by molar-refractivity contribution is 0.287. The third kappa shape index (κ3) is 3.03. The van der Waals surface area contributed by atoms with Crippen LogP contribution < -0.4 is 10.9 Å². The Hall–Kier alpha value is -1.39. The van der Waals surface area contributed by atoms with Crippen LogP contribution >= 0.6 is 11.6 Å². The Bertz CT molecular complexity index is 713. The third-order valence-corrected chi connectivity index (χ3v) is 4.74. The van der Waals surface area contributed by atoms with Crippen LogP contribution in [0.25, 0.3) is 11.0 Å². The normalized spacial score (nSPS) is 22.1. The molecule has 1 aliphatic rings. The fraction of sp³-hybridized carbons (Fsp3) is 0.529. The van der Waals surface area contributed by atoms with Crippen molar-refractivity contribution in [3.63, 3.8) is 0 Å². The van der Waals surface area contributed by atoms with Crippen LogP contribution in [0.1, 0.15) is 45.1 Å². The molecule has 0 spiro atoms. The molecule has 0 aliphatic carbocycles. The standard InChI is InChI=1S/C17H22ClN3O/c1-2-3-6-12-11-13(9-10-19-12)21-15-8-5-4-7-14(15)20-16(18)17(21)22/h4-5,7-8,12-13,19H,2-3,6,9-11H2,1H3. The number of piperidine rings is 1. The molecule has 2 unspecified atom stereocenters. The number of unbranched alkanes of at least 4 members (excludes halogenated alkanes) is 1. The van der Waals surface area contributed by atoms with Crippen molar-refractivity contribution in [3.05, 3.63) is 39.8 Å². The molecule has 1 N–H and O–H groups in total. The number of hydrogen-bond donors (Lipinski definition) is 1. The number of aromatic nitrogens is 2. The van der Waals surface area contributed by atoms with Crippen molar-refractivity contribution in [1.82, 2.24) is 14.9 Å². The number of hydrogen-bond acceptors (Lipinski definition) is 3. The quantitative estimate of drug-likeness (QED) is 0.937. The van der Waals surface area contributed by atoms with Crippen molar-refractivity contribution in [3.8, 4) is 0 Å². The largest absolute Gasteiger partial charge is 0.314 e. The molecule has 1 aromatic carbocycles. The lowest BCUT2D eigenvalue weighted by Gasteiger charge is -2.32. The van der Waals surface area contributed by atoms with Crippen LogP contribution in [-0.4, -0.2) is 22.1 Å². The van der Waals surface area contributed by atoms with Crippen molar-refractivity contribution >= 4 is 22.6 Å². The van der Waals surface area contributed by atoms with Crippen LogP contribution in [0.4, 0.5) is 0 Å². The molecular formula is C17H22ClN3O. The van der Waals surface area contributed by atoms with E-state index in [4.69, 9.17) is 11.6 Å². The van der Waals surface area contributed by atoms with Crippen LogP contribution in [0.15, 0.2) is 29.1 Å². The molecule has 4 nitrogen and oxygen atoms in total. The molecule has 0 amide bonds. The third-order valence-electron chi connectivity index (χ3n) is 4.49. The molecule has 118 valence electrons. The second-order valence-corrected chi connectivity index (χ2v) is 6.40. The zero-order chi connectivity index (χ0) is 15.5. The molecule has 2 aromatic rings. The second-order valence-electron chi connectivity index (χ2n) is 6.04. The predicted octanol–water partition coefficient (Wildman–Crippen LogP) is 3.53. The molecule has 1 aromatic heterocycles. The molecule has 22 heavy (non-hydrogen) atoms. The molecule has 1 saturated heterocycles. The van der Waals surface area contributed by atoms with Gasteiger partial charge in [0.25, 0.3) is 5.56 Å². The molecule has 1 aliphatic heterocycles. The molecule has 0 saturated carbocycles. The Morgan fingerprint density at radius 2 is 2.23 bits per heavy atom. The van der Waals surface area contributed by atoms with E-state index in [-0.39, 0.29) is 16.8 Å². The van der Waals surface area contributed by atoms with Gasteiger partial charge in [0.2, 0.25) is 0 Å². The average Bonchev–Trinajstić information content (AvgIpc) is 2.54. The van der Waals surface area contributed by atoms with E-state index >= 15 is 0 Å². The highest BCUT2D eigenvalue weighted by Gasteiger charge is 2.25. The fourth-order valence-corrected chi connectivity index (χ4v) is 3.56. The zero-order valence-electron chi connectivity index (χ0n) is 12.9. The van der Waals surface area contributed by atoms with Crippen LogP contribution in [-0.2, 0) is 0 Å². The highest BCUT2D eigenvalue weighted by molar-refractivity contribution is 6.29. The molecule has 0 bridgehead atoms. The van der Waals surface area contributed by atoms with Crippen LogP contribution in [0, 0.1) is 0 Å². The minimum Gasteiger partial charge on any atom is -0.314 e. The minimum absolute atomic E-state index is 0.0716. The van der Waals surface area contributed by atoms with Crippen molar-refractivity contribution in [2.45, 2.75) is 51.1 Å². The van der Waals surface area contributed by atoms with Gasteiger partial charge >= 0.3 is 0 Å². The van der Waals surface area contributed by atoms with Gasteiger partial charge in [-0.1, -0.05) is 43.5 Å². The van der Waals surface area contributed by atoms with Gasteiger partial charge in [-0.3, -0.25) is 4.79 Å². The molecule has 0 radical (unpaired) electrons. The summed E-state index contributed by atoms with van der Waals surface area (Å²) in [6.07, 6.45) is 5.51. The van der Waals surface area contributed by atoms with E-state index in [2.05, 4.69) is 17.2 Å². The van der Waals surface area contributed by atoms with Crippen LogP contribution in [0.2, 0.25) is 5.15 Å². The summed E-state index contributed by atoms with van der Waals surface area (Å²) in [6.45, 7) is 3.15. The Labute approximate surface area is 135 Å². The zero-order valence-corrected chi connectivity index (χ0v) is 13.6. The van der Waals surface area contributed by atoms with Gasteiger partial charge < -0.3 is 9.88 Å².